The van der Waals surface area contributed by atoms with Crippen LogP contribution in [0.2, 0.25) is 0 Å². The number of aromatic nitrogens is 1. The fourth-order valence-electron chi connectivity index (χ4n) is 2.36. The third-order valence-corrected chi connectivity index (χ3v) is 3.45. The van der Waals surface area contributed by atoms with Gasteiger partial charge in [-0.3, -0.25) is 10.1 Å². The molecular formula is C12H14F3N3O2. The zero-order valence-electron chi connectivity index (χ0n) is 10.9. The van der Waals surface area contributed by atoms with Crippen LogP contribution >= 0.6 is 0 Å². The highest BCUT2D eigenvalue weighted by molar-refractivity contribution is 5.47. The number of hydrogen-bond donors (Lipinski definition) is 0. The normalized spacial score (nSPS) is 20.0. The summed E-state index contributed by atoms with van der Waals surface area (Å²) in [5.41, 5.74) is 0.0831. The number of pyridine rings is 1. The molecule has 0 aliphatic carbocycles. The molecule has 110 valence electrons. The second-order valence-electron chi connectivity index (χ2n) is 4.86. The number of nitrogens with zero attached hydrogens (tertiary/aromatic N) is 3. The van der Waals surface area contributed by atoms with E-state index in [1.165, 1.54) is 19.1 Å². The largest absolute Gasteiger partial charge is 0.393 e. The molecule has 2 heterocycles. The molecule has 2 rings (SSSR count). The van der Waals surface area contributed by atoms with Crippen molar-refractivity contribution in [3.05, 3.63) is 27.9 Å². The fraction of sp³-hybridized carbons (Fsp3) is 0.583. The van der Waals surface area contributed by atoms with Crippen LogP contribution in [0.25, 0.3) is 0 Å². The maximum absolute atomic E-state index is 12.7. The van der Waals surface area contributed by atoms with Gasteiger partial charge < -0.3 is 4.90 Å². The molecule has 20 heavy (non-hydrogen) atoms. The molecule has 1 aromatic heterocycles. The van der Waals surface area contributed by atoms with Gasteiger partial charge in [-0.05, 0) is 25.8 Å². The Hall–Kier alpha value is -1.86. The van der Waals surface area contributed by atoms with E-state index in [1.54, 1.807) is 4.90 Å². The van der Waals surface area contributed by atoms with E-state index in [0.29, 0.717) is 18.8 Å². The lowest BCUT2D eigenvalue weighted by Gasteiger charge is -2.34. The van der Waals surface area contributed by atoms with Crippen molar-refractivity contribution < 1.29 is 18.1 Å². The first-order chi connectivity index (χ1) is 9.29. The first-order valence-corrected chi connectivity index (χ1v) is 6.22. The Balaban J connectivity index is 2.19. The van der Waals surface area contributed by atoms with E-state index < -0.39 is 17.0 Å². The van der Waals surface area contributed by atoms with Gasteiger partial charge in [0.05, 0.1) is 10.8 Å². The molecule has 0 saturated carbocycles. The predicted molar refractivity (Wildman–Crippen MR) is 66.6 cm³/mol. The Morgan fingerprint density at radius 1 is 1.45 bits per heavy atom. The zero-order valence-corrected chi connectivity index (χ0v) is 10.9. The van der Waals surface area contributed by atoms with Crippen LogP contribution in [0.5, 0.6) is 0 Å². The molecular weight excluding hydrogens is 275 g/mol. The van der Waals surface area contributed by atoms with Crippen LogP contribution in [-0.4, -0.2) is 29.2 Å². The standard InChI is InChI=1S/C12H14F3N3O2/c1-8-10(18(19)20)4-5-11(16-8)17-6-2-3-9(7-17)12(13,14)15/h4-5,9H,2-3,6-7H2,1H3/t9-/m1/s1. The predicted octanol–water partition coefficient (Wildman–Crippen LogP) is 3.08. The lowest BCUT2D eigenvalue weighted by atomic mass is 9.97. The second kappa shape index (κ2) is 5.26. The Morgan fingerprint density at radius 3 is 2.70 bits per heavy atom. The molecule has 0 aromatic carbocycles. The molecule has 0 spiro atoms. The van der Waals surface area contributed by atoms with E-state index in [9.17, 15) is 23.3 Å². The smallest absolute Gasteiger partial charge is 0.356 e. The van der Waals surface area contributed by atoms with Crippen molar-refractivity contribution >= 4 is 11.5 Å². The number of piperidine rings is 1. The van der Waals surface area contributed by atoms with Gasteiger partial charge in [-0.15, -0.1) is 0 Å². The van der Waals surface area contributed by atoms with E-state index in [2.05, 4.69) is 4.98 Å². The fourth-order valence-corrected chi connectivity index (χ4v) is 2.36. The number of halogens is 3. The molecule has 5 nitrogen and oxygen atoms in total. The van der Waals surface area contributed by atoms with Gasteiger partial charge in [0.25, 0.3) is 5.69 Å². The van der Waals surface area contributed by atoms with Gasteiger partial charge >= 0.3 is 6.18 Å². The van der Waals surface area contributed by atoms with Crippen molar-refractivity contribution in [3.63, 3.8) is 0 Å². The van der Waals surface area contributed by atoms with Gasteiger partial charge in [0, 0.05) is 19.2 Å². The minimum absolute atomic E-state index is 0.117. The average Bonchev–Trinajstić information content (AvgIpc) is 2.37. The van der Waals surface area contributed by atoms with Crippen LogP contribution in [-0.2, 0) is 0 Å². The Bertz CT molecular complexity index is 519. The molecule has 1 aliphatic rings. The van der Waals surface area contributed by atoms with Crippen molar-refractivity contribution in [2.75, 3.05) is 18.0 Å². The lowest BCUT2D eigenvalue weighted by Crippen LogP contribution is -2.42. The SMILES string of the molecule is Cc1nc(N2CCC[C@@H](C(F)(F)F)C2)ccc1[N+](=O)[O-]. The highest BCUT2D eigenvalue weighted by Gasteiger charge is 2.42. The average molecular weight is 289 g/mol. The van der Waals surface area contributed by atoms with Crippen LogP contribution in [0.15, 0.2) is 12.1 Å². The van der Waals surface area contributed by atoms with Gasteiger partial charge in [-0.25, -0.2) is 4.98 Å². The molecule has 0 amide bonds. The monoisotopic (exact) mass is 289 g/mol. The quantitative estimate of drug-likeness (QED) is 0.620. The highest BCUT2D eigenvalue weighted by Crippen LogP contribution is 2.34. The van der Waals surface area contributed by atoms with E-state index >= 15 is 0 Å². The number of rotatable bonds is 2. The van der Waals surface area contributed by atoms with E-state index in [-0.39, 0.29) is 24.3 Å². The third-order valence-electron chi connectivity index (χ3n) is 3.45. The van der Waals surface area contributed by atoms with Crippen molar-refractivity contribution in [2.45, 2.75) is 25.9 Å². The maximum Gasteiger partial charge on any atom is 0.393 e. The first kappa shape index (κ1) is 14.5. The van der Waals surface area contributed by atoms with Crippen LogP contribution in [0.4, 0.5) is 24.7 Å². The lowest BCUT2D eigenvalue weighted by molar-refractivity contribution is -0.385. The van der Waals surface area contributed by atoms with E-state index in [0.717, 1.165) is 0 Å². The summed E-state index contributed by atoms with van der Waals surface area (Å²) in [6.45, 7) is 1.82. The Labute approximate surface area is 113 Å². The van der Waals surface area contributed by atoms with Crippen LogP contribution in [0.1, 0.15) is 18.5 Å². The van der Waals surface area contributed by atoms with Crippen LogP contribution in [0, 0.1) is 23.0 Å². The minimum atomic E-state index is -4.21. The van der Waals surface area contributed by atoms with Crippen molar-refractivity contribution in [2.24, 2.45) is 5.92 Å². The molecule has 0 bridgehead atoms. The number of aryl methyl sites for hydroxylation is 1. The van der Waals surface area contributed by atoms with Crippen molar-refractivity contribution in [1.29, 1.82) is 0 Å². The Morgan fingerprint density at radius 2 is 2.15 bits per heavy atom. The summed E-state index contributed by atoms with van der Waals surface area (Å²) in [6.07, 6.45) is -3.66. The van der Waals surface area contributed by atoms with Crippen LogP contribution < -0.4 is 4.90 Å². The summed E-state index contributed by atoms with van der Waals surface area (Å²) in [6, 6.07) is 2.69. The maximum atomic E-state index is 12.7. The number of alkyl halides is 3. The summed E-state index contributed by atoms with van der Waals surface area (Å²) >= 11 is 0. The van der Waals surface area contributed by atoms with Gasteiger partial charge in [0.1, 0.15) is 11.5 Å². The number of nitro groups is 1. The van der Waals surface area contributed by atoms with Gasteiger partial charge in [-0.2, -0.15) is 13.2 Å². The van der Waals surface area contributed by atoms with E-state index in [4.69, 9.17) is 0 Å². The van der Waals surface area contributed by atoms with Crippen LogP contribution in [0.3, 0.4) is 0 Å². The third kappa shape index (κ3) is 3.00. The van der Waals surface area contributed by atoms with Gasteiger partial charge in [-0.1, -0.05) is 0 Å². The molecule has 1 aliphatic heterocycles. The molecule has 1 aromatic rings. The zero-order chi connectivity index (χ0) is 14.9. The first-order valence-electron chi connectivity index (χ1n) is 6.22. The topological polar surface area (TPSA) is 59.3 Å². The van der Waals surface area contributed by atoms with Gasteiger partial charge in [0.15, 0.2) is 0 Å². The van der Waals surface area contributed by atoms with E-state index in [1.807, 2.05) is 0 Å². The minimum Gasteiger partial charge on any atom is -0.356 e. The summed E-state index contributed by atoms with van der Waals surface area (Å²) < 4.78 is 38.2. The molecule has 1 saturated heterocycles. The van der Waals surface area contributed by atoms with Crippen molar-refractivity contribution in [3.8, 4) is 0 Å². The number of hydrogen-bond acceptors (Lipinski definition) is 4. The molecule has 0 unspecified atom stereocenters. The summed E-state index contributed by atoms with van der Waals surface area (Å²) in [5.74, 6) is -1.00. The Kier molecular flexibility index (Phi) is 3.82. The molecule has 0 N–H and O–H groups in total. The molecule has 1 fully saturated rings. The summed E-state index contributed by atoms with van der Waals surface area (Å²) in [7, 11) is 0. The second-order valence-corrected chi connectivity index (χ2v) is 4.86. The number of anilines is 1. The van der Waals surface area contributed by atoms with Crippen molar-refractivity contribution in [1.82, 2.24) is 4.98 Å². The summed E-state index contributed by atoms with van der Waals surface area (Å²) in [4.78, 5) is 15.7. The highest BCUT2D eigenvalue weighted by atomic mass is 19.4. The van der Waals surface area contributed by atoms with Gasteiger partial charge in [0.2, 0.25) is 0 Å². The summed E-state index contributed by atoms with van der Waals surface area (Å²) in [5, 5.41) is 10.7. The molecule has 8 heteroatoms. The molecule has 1 atom stereocenters. The molecule has 0 radical (unpaired) electrons.